The summed E-state index contributed by atoms with van der Waals surface area (Å²) >= 11 is 0. The van der Waals surface area contributed by atoms with Crippen LogP contribution in [0.4, 0.5) is 0 Å². The van der Waals surface area contributed by atoms with Gasteiger partial charge in [0, 0.05) is 18.0 Å². The van der Waals surface area contributed by atoms with Crippen molar-refractivity contribution in [3.8, 4) is 11.4 Å². The van der Waals surface area contributed by atoms with Crippen molar-refractivity contribution in [2.75, 3.05) is 0 Å². The summed E-state index contributed by atoms with van der Waals surface area (Å²) in [6.07, 6.45) is 4.37. The molecule has 0 aliphatic heterocycles. The van der Waals surface area contributed by atoms with Gasteiger partial charge in [0.2, 0.25) is 5.82 Å². The van der Waals surface area contributed by atoms with Gasteiger partial charge in [0.25, 0.3) is 0 Å². The fourth-order valence-corrected chi connectivity index (χ4v) is 2.19. The van der Waals surface area contributed by atoms with E-state index in [0.717, 1.165) is 12.0 Å². The lowest BCUT2D eigenvalue weighted by Crippen LogP contribution is -2.18. The number of hydrogen-bond acceptors (Lipinski definition) is 5. The van der Waals surface area contributed by atoms with Gasteiger partial charge in [0.05, 0.1) is 12.6 Å². The Balaban J connectivity index is 1.56. The van der Waals surface area contributed by atoms with Gasteiger partial charge in [-0.3, -0.25) is 4.98 Å². The fraction of sp³-hybridized carbons (Fsp3) is 0.250. The first-order valence-corrected chi connectivity index (χ1v) is 7.21. The molecule has 0 fully saturated rings. The largest absolute Gasteiger partial charge is 0.391 e. The monoisotopic (exact) mass is 295 g/mol. The topological polar surface area (TPSA) is 76.7 Å². The molecule has 3 aromatic rings. The molecule has 0 saturated heterocycles. The van der Waals surface area contributed by atoms with Crippen molar-refractivity contribution in [3.63, 3.8) is 0 Å². The highest BCUT2D eigenvalue weighted by molar-refractivity contribution is 5.51. The van der Waals surface area contributed by atoms with Crippen LogP contribution in [0.15, 0.2) is 54.9 Å². The lowest BCUT2D eigenvalue weighted by Gasteiger charge is -2.09. The van der Waals surface area contributed by atoms with Gasteiger partial charge in [-0.1, -0.05) is 30.3 Å². The van der Waals surface area contributed by atoms with E-state index in [1.165, 1.54) is 10.4 Å². The van der Waals surface area contributed by atoms with Crippen LogP contribution in [0.3, 0.4) is 0 Å². The number of aryl methyl sites for hydroxylation is 1. The quantitative estimate of drug-likeness (QED) is 0.749. The van der Waals surface area contributed by atoms with Gasteiger partial charge in [-0.05, 0) is 35.8 Å². The highest BCUT2D eigenvalue weighted by atomic mass is 16.3. The summed E-state index contributed by atoms with van der Waals surface area (Å²) in [5.41, 5.74) is 2.02. The van der Waals surface area contributed by atoms with Crippen LogP contribution in [0.2, 0.25) is 0 Å². The Labute approximate surface area is 128 Å². The van der Waals surface area contributed by atoms with E-state index in [2.05, 4.69) is 32.5 Å². The van der Waals surface area contributed by atoms with Gasteiger partial charge in [-0.2, -0.15) is 4.80 Å². The number of rotatable bonds is 6. The van der Waals surface area contributed by atoms with E-state index in [0.29, 0.717) is 18.8 Å². The Morgan fingerprint density at radius 1 is 1.09 bits per heavy atom. The Bertz CT molecular complexity index is 699. The van der Waals surface area contributed by atoms with E-state index in [9.17, 15) is 5.11 Å². The molecule has 0 aliphatic rings. The van der Waals surface area contributed by atoms with E-state index in [1.54, 1.807) is 12.4 Å². The predicted molar refractivity (Wildman–Crippen MR) is 81.8 cm³/mol. The molecule has 0 bridgehead atoms. The highest BCUT2D eigenvalue weighted by Crippen LogP contribution is 2.11. The number of hydrogen-bond donors (Lipinski definition) is 1. The summed E-state index contributed by atoms with van der Waals surface area (Å²) in [6, 6.07) is 13.8. The molecular weight excluding hydrogens is 278 g/mol. The molecule has 1 atom stereocenters. The molecule has 2 heterocycles. The second-order valence-electron chi connectivity index (χ2n) is 5.09. The third-order valence-corrected chi connectivity index (χ3v) is 3.36. The normalized spacial score (nSPS) is 12.2. The molecule has 0 spiro atoms. The minimum absolute atomic E-state index is 0.333. The van der Waals surface area contributed by atoms with Crippen LogP contribution in [0.25, 0.3) is 11.4 Å². The Hall–Kier alpha value is -2.60. The Kier molecular flexibility index (Phi) is 4.50. The molecule has 1 aromatic carbocycles. The highest BCUT2D eigenvalue weighted by Gasteiger charge is 2.10. The number of aromatic nitrogens is 5. The van der Waals surface area contributed by atoms with E-state index >= 15 is 0 Å². The van der Waals surface area contributed by atoms with Crippen molar-refractivity contribution in [2.24, 2.45) is 0 Å². The van der Waals surface area contributed by atoms with E-state index in [-0.39, 0.29) is 0 Å². The zero-order valence-corrected chi connectivity index (χ0v) is 12.1. The van der Waals surface area contributed by atoms with E-state index in [1.807, 2.05) is 30.3 Å². The minimum atomic E-state index is -0.504. The maximum Gasteiger partial charge on any atom is 0.206 e. The predicted octanol–water partition coefficient (Wildman–Crippen LogP) is 1.73. The summed E-state index contributed by atoms with van der Waals surface area (Å²) in [5.74, 6) is 0.517. The zero-order chi connectivity index (χ0) is 15.2. The molecule has 112 valence electrons. The molecule has 6 heteroatoms. The van der Waals surface area contributed by atoms with E-state index in [4.69, 9.17) is 0 Å². The van der Waals surface area contributed by atoms with Crippen molar-refractivity contribution < 1.29 is 5.11 Å². The fourth-order valence-electron chi connectivity index (χ4n) is 2.19. The van der Waals surface area contributed by atoms with Gasteiger partial charge < -0.3 is 5.11 Å². The standard InChI is InChI=1S/C16H17N5O/c22-15(9-8-13-5-2-1-3-6-13)12-21-19-16(18-20-21)14-7-4-10-17-11-14/h1-7,10-11,15,22H,8-9,12H2. The third kappa shape index (κ3) is 3.73. The van der Waals surface area contributed by atoms with Crippen molar-refractivity contribution in [1.29, 1.82) is 0 Å². The number of aliphatic hydroxyl groups excluding tert-OH is 1. The van der Waals surface area contributed by atoms with Gasteiger partial charge in [-0.15, -0.1) is 10.2 Å². The smallest absolute Gasteiger partial charge is 0.206 e. The minimum Gasteiger partial charge on any atom is -0.391 e. The van der Waals surface area contributed by atoms with Crippen molar-refractivity contribution in [2.45, 2.75) is 25.5 Å². The molecule has 0 aliphatic carbocycles. The summed E-state index contributed by atoms with van der Waals surface area (Å²) in [7, 11) is 0. The molecule has 0 radical (unpaired) electrons. The molecule has 1 unspecified atom stereocenters. The third-order valence-electron chi connectivity index (χ3n) is 3.36. The van der Waals surface area contributed by atoms with Crippen molar-refractivity contribution >= 4 is 0 Å². The number of benzene rings is 1. The number of tetrazole rings is 1. The summed E-state index contributed by atoms with van der Waals surface area (Å²) in [4.78, 5) is 5.46. The van der Waals surface area contributed by atoms with E-state index < -0.39 is 6.10 Å². The first-order valence-electron chi connectivity index (χ1n) is 7.21. The van der Waals surface area contributed by atoms with Crippen LogP contribution >= 0.6 is 0 Å². The molecule has 1 N–H and O–H groups in total. The van der Waals surface area contributed by atoms with Crippen molar-refractivity contribution in [1.82, 2.24) is 25.2 Å². The zero-order valence-electron chi connectivity index (χ0n) is 12.1. The van der Waals surface area contributed by atoms with Gasteiger partial charge in [0.15, 0.2) is 0 Å². The summed E-state index contributed by atoms with van der Waals surface area (Å²) < 4.78 is 0. The molecule has 3 rings (SSSR count). The van der Waals surface area contributed by atoms with Crippen molar-refractivity contribution in [3.05, 3.63) is 60.4 Å². The molecule has 2 aromatic heterocycles. The average molecular weight is 295 g/mol. The molecule has 22 heavy (non-hydrogen) atoms. The maximum atomic E-state index is 10.1. The van der Waals surface area contributed by atoms with Crippen LogP contribution in [0, 0.1) is 0 Å². The molecule has 6 nitrogen and oxygen atoms in total. The molecule has 0 saturated carbocycles. The van der Waals surface area contributed by atoms with Crippen LogP contribution < -0.4 is 0 Å². The van der Waals surface area contributed by atoms with Crippen LogP contribution in [-0.2, 0) is 13.0 Å². The second kappa shape index (κ2) is 6.91. The number of aliphatic hydroxyl groups is 1. The molecule has 0 amide bonds. The Morgan fingerprint density at radius 3 is 2.73 bits per heavy atom. The van der Waals surface area contributed by atoms with Crippen LogP contribution in [0.5, 0.6) is 0 Å². The lowest BCUT2D eigenvalue weighted by molar-refractivity contribution is 0.133. The van der Waals surface area contributed by atoms with Crippen LogP contribution in [-0.4, -0.2) is 36.4 Å². The first kappa shape index (κ1) is 14.3. The Morgan fingerprint density at radius 2 is 1.95 bits per heavy atom. The number of nitrogens with zero attached hydrogens (tertiary/aromatic N) is 5. The molecular formula is C16H17N5O. The van der Waals surface area contributed by atoms with Gasteiger partial charge in [0.1, 0.15) is 0 Å². The van der Waals surface area contributed by atoms with Gasteiger partial charge in [-0.25, -0.2) is 0 Å². The van der Waals surface area contributed by atoms with Crippen LogP contribution in [0.1, 0.15) is 12.0 Å². The lowest BCUT2D eigenvalue weighted by atomic mass is 10.1. The summed E-state index contributed by atoms with van der Waals surface area (Å²) in [5, 5.41) is 22.3. The first-order chi connectivity index (χ1) is 10.8. The SMILES string of the molecule is OC(CCc1ccccc1)Cn1nnc(-c2cccnc2)n1. The second-order valence-corrected chi connectivity index (χ2v) is 5.09. The summed E-state index contributed by atoms with van der Waals surface area (Å²) in [6.45, 7) is 0.333. The van der Waals surface area contributed by atoms with Gasteiger partial charge >= 0.3 is 0 Å². The maximum absolute atomic E-state index is 10.1. The number of pyridine rings is 1. The average Bonchev–Trinajstić information content (AvgIpc) is 3.03.